The Morgan fingerprint density at radius 1 is 1.00 bits per heavy atom. The standard InChI is InChI=1S/C15H16BrN/c1-15(2,3)12-6-4-11(5-7-12)13-8-9-17-10-14(13)16/h4-10H,1-3H3. The number of pyridine rings is 1. The van der Waals surface area contributed by atoms with E-state index in [1.807, 2.05) is 18.5 Å². The highest BCUT2D eigenvalue weighted by Gasteiger charge is 2.13. The molecule has 0 bridgehead atoms. The summed E-state index contributed by atoms with van der Waals surface area (Å²) in [5.41, 5.74) is 3.95. The van der Waals surface area contributed by atoms with Crippen LogP contribution in [0.4, 0.5) is 0 Å². The zero-order chi connectivity index (χ0) is 12.5. The Hall–Kier alpha value is -1.15. The average molecular weight is 290 g/mol. The molecule has 0 unspecified atom stereocenters. The van der Waals surface area contributed by atoms with E-state index in [0.29, 0.717) is 0 Å². The zero-order valence-electron chi connectivity index (χ0n) is 10.4. The predicted molar refractivity (Wildman–Crippen MR) is 76.1 cm³/mol. The second-order valence-corrected chi connectivity index (χ2v) is 6.04. The Morgan fingerprint density at radius 2 is 1.65 bits per heavy atom. The highest BCUT2D eigenvalue weighted by Crippen LogP contribution is 2.29. The van der Waals surface area contributed by atoms with Crippen LogP contribution in [-0.4, -0.2) is 4.98 Å². The van der Waals surface area contributed by atoms with E-state index in [1.165, 1.54) is 16.7 Å². The van der Waals surface area contributed by atoms with Crippen LogP contribution in [0.2, 0.25) is 0 Å². The molecule has 17 heavy (non-hydrogen) atoms. The Labute approximate surface area is 111 Å². The molecule has 0 fully saturated rings. The molecular formula is C15H16BrN. The SMILES string of the molecule is CC(C)(C)c1ccc(-c2ccncc2Br)cc1. The number of hydrogen-bond donors (Lipinski definition) is 0. The lowest BCUT2D eigenvalue weighted by Gasteiger charge is -2.19. The minimum absolute atomic E-state index is 0.202. The van der Waals surface area contributed by atoms with Crippen molar-refractivity contribution in [3.63, 3.8) is 0 Å². The molecule has 0 spiro atoms. The van der Waals surface area contributed by atoms with E-state index in [4.69, 9.17) is 0 Å². The van der Waals surface area contributed by atoms with E-state index >= 15 is 0 Å². The normalized spacial score (nSPS) is 11.5. The number of benzene rings is 1. The van der Waals surface area contributed by atoms with Crippen molar-refractivity contribution in [2.45, 2.75) is 26.2 Å². The first-order chi connectivity index (χ1) is 7.98. The molecule has 88 valence electrons. The smallest absolute Gasteiger partial charge is 0.0437 e. The van der Waals surface area contributed by atoms with Crippen molar-refractivity contribution in [3.05, 3.63) is 52.8 Å². The molecule has 1 heterocycles. The van der Waals surface area contributed by atoms with Crippen molar-refractivity contribution in [3.8, 4) is 11.1 Å². The molecule has 0 aliphatic carbocycles. The van der Waals surface area contributed by atoms with Gasteiger partial charge < -0.3 is 0 Å². The fourth-order valence-corrected chi connectivity index (χ4v) is 2.24. The number of halogens is 1. The van der Waals surface area contributed by atoms with Crippen LogP contribution in [0.5, 0.6) is 0 Å². The lowest BCUT2D eigenvalue weighted by Crippen LogP contribution is -2.10. The monoisotopic (exact) mass is 289 g/mol. The zero-order valence-corrected chi connectivity index (χ0v) is 12.0. The molecule has 1 aromatic heterocycles. The van der Waals surface area contributed by atoms with E-state index in [9.17, 15) is 0 Å². The van der Waals surface area contributed by atoms with Crippen LogP contribution >= 0.6 is 15.9 Å². The molecule has 0 saturated carbocycles. The quantitative estimate of drug-likeness (QED) is 0.734. The van der Waals surface area contributed by atoms with Crippen molar-refractivity contribution in [2.24, 2.45) is 0 Å². The van der Waals surface area contributed by atoms with Gasteiger partial charge in [0.25, 0.3) is 0 Å². The summed E-state index contributed by atoms with van der Waals surface area (Å²) in [6, 6.07) is 10.8. The van der Waals surface area contributed by atoms with Gasteiger partial charge in [-0.15, -0.1) is 0 Å². The van der Waals surface area contributed by atoms with Crippen LogP contribution in [0.1, 0.15) is 26.3 Å². The minimum Gasteiger partial charge on any atom is -0.264 e. The van der Waals surface area contributed by atoms with Crippen LogP contribution in [0.15, 0.2) is 47.2 Å². The molecule has 0 amide bonds. The average Bonchev–Trinajstić information content (AvgIpc) is 2.29. The van der Waals surface area contributed by atoms with Gasteiger partial charge in [0, 0.05) is 16.9 Å². The molecule has 1 nitrogen and oxygen atoms in total. The second kappa shape index (κ2) is 4.61. The molecule has 1 aromatic carbocycles. The molecule has 0 aliphatic heterocycles. The van der Waals surface area contributed by atoms with Crippen molar-refractivity contribution in [2.75, 3.05) is 0 Å². The molecular weight excluding hydrogens is 274 g/mol. The van der Waals surface area contributed by atoms with Gasteiger partial charge in [-0.25, -0.2) is 0 Å². The van der Waals surface area contributed by atoms with Gasteiger partial charge in [-0.2, -0.15) is 0 Å². The fraction of sp³-hybridized carbons (Fsp3) is 0.267. The van der Waals surface area contributed by atoms with Gasteiger partial charge in [-0.05, 0) is 44.1 Å². The molecule has 0 radical (unpaired) electrons. The molecule has 0 atom stereocenters. The third-order valence-corrected chi connectivity index (χ3v) is 3.47. The highest BCUT2D eigenvalue weighted by atomic mass is 79.9. The van der Waals surface area contributed by atoms with Gasteiger partial charge in [-0.1, -0.05) is 45.0 Å². The van der Waals surface area contributed by atoms with Crippen molar-refractivity contribution in [1.82, 2.24) is 4.98 Å². The Morgan fingerprint density at radius 3 is 2.18 bits per heavy atom. The molecule has 0 saturated heterocycles. The first-order valence-electron chi connectivity index (χ1n) is 5.69. The second-order valence-electron chi connectivity index (χ2n) is 5.18. The summed E-state index contributed by atoms with van der Waals surface area (Å²) in [6.07, 6.45) is 3.64. The maximum Gasteiger partial charge on any atom is 0.0437 e. The van der Waals surface area contributed by atoms with Gasteiger partial charge in [0.2, 0.25) is 0 Å². The third kappa shape index (κ3) is 2.75. The summed E-state index contributed by atoms with van der Waals surface area (Å²) in [6.45, 7) is 6.68. The van der Waals surface area contributed by atoms with Crippen molar-refractivity contribution >= 4 is 15.9 Å². The molecule has 0 N–H and O–H groups in total. The summed E-state index contributed by atoms with van der Waals surface area (Å²) in [5, 5.41) is 0. The summed E-state index contributed by atoms with van der Waals surface area (Å²) in [5.74, 6) is 0. The van der Waals surface area contributed by atoms with Crippen LogP contribution in [0, 0.1) is 0 Å². The fourth-order valence-electron chi connectivity index (χ4n) is 1.76. The third-order valence-electron chi connectivity index (χ3n) is 2.83. The lowest BCUT2D eigenvalue weighted by atomic mass is 9.86. The lowest BCUT2D eigenvalue weighted by molar-refractivity contribution is 0.590. The van der Waals surface area contributed by atoms with E-state index < -0.39 is 0 Å². The van der Waals surface area contributed by atoms with Gasteiger partial charge in [0.15, 0.2) is 0 Å². The van der Waals surface area contributed by atoms with Gasteiger partial charge in [0.1, 0.15) is 0 Å². The summed E-state index contributed by atoms with van der Waals surface area (Å²) in [4.78, 5) is 4.08. The largest absolute Gasteiger partial charge is 0.264 e. The van der Waals surface area contributed by atoms with Gasteiger partial charge in [0.05, 0.1) is 0 Å². The highest BCUT2D eigenvalue weighted by molar-refractivity contribution is 9.10. The van der Waals surface area contributed by atoms with E-state index in [1.54, 1.807) is 0 Å². The van der Waals surface area contributed by atoms with Crippen molar-refractivity contribution in [1.29, 1.82) is 0 Å². The van der Waals surface area contributed by atoms with E-state index in [-0.39, 0.29) is 5.41 Å². The molecule has 0 aliphatic rings. The first kappa shape index (κ1) is 12.3. The summed E-state index contributed by atoms with van der Waals surface area (Å²) >= 11 is 3.53. The van der Waals surface area contributed by atoms with E-state index in [2.05, 4.69) is 66.0 Å². The Bertz CT molecular complexity index is 509. The Balaban J connectivity index is 2.40. The van der Waals surface area contributed by atoms with Crippen LogP contribution < -0.4 is 0 Å². The van der Waals surface area contributed by atoms with Crippen LogP contribution in [0.3, 0.4) is 0 Å². The Kier molecular flexibility index (Phi) is 3.34. The van der Waals surface area contributed by atoms with Crippen LogP contribution in [0.25, 0.3) is 11.1 Å². The number of nitrogens with zero attached hydrogens (tertiary/aromatic N) is 1. The molecule has 2 aromatic rings. The predicted octanol–water partition coefficient (Wildman–Crippen LogP) is 4.81. The topological polar surface area (TPSA) is 12.9 Å². The molecule has 2 rings (SSSR count). The minimum atomic E-state index is 0.202. The summed E-state index contributed by atoms with van der Waals surface area (Å²) in [7, 11) is 0. The number of rotatable bonds is 1. The number of aromatic nitrogens is 1. The van der Waals surface area contributed by atoms with Gasteiger partial charge >= 0.3 is 0 Å². The maximum atomic E-state index is 4.08. The summed E-state index contributed by atoms with van der Waals surface area (Å²) < 4.78 is 1.03. The van der Waals surface area contributed by atoms with Gasteiger partial charge in [-0.3, -0.25) is 4.98 Å². The van der Waals surface area contributed by atoms with E-state index in [0.717, 1.165) is 4.47 Å². The first-order valence-corrected chi connectivity index (χ1v) is 6.48. The van der Waals surface area contributed by atoms with Crippen LogP contribution in [-0.2, 0) is 5.41 Å². The maximum absolute atomic E-state index is 4.08. The molecule has 2 heteroatoms. The van der Waals surface area contributed by atoms with Crippen molar-refractivity contribution < 1.29 is 0 Å². The number of hydrogen-bond acceptors (Lipinski definition) is 1.